The number of rotatable bonds is 12. The summed E-state index contributed by atoms with van der Waals surface area (Å²) in [6.07, 6.45) is 0.865. The molecule has 2 aromatic rings. The van der Waals surface area contributed by atoms with Crippen LogP contribution in [-0.4, -0.2) is 63.8 Å². The topological polar surface area (TPSA) is 68.3 Å². The van der Waals surface area contributed by atoms with E-state index in [2.05, 4.69) is 0 Å². The van der Waals surface area contributed by atoms with Crippen molar-refractivity contribution in [1.82, 2.24) is 4.90 Å². The molecule has 32 heavy (non-hydrogen) atoms. The summed E-state index contributed by atoms with van der Waals surface area (Å²) in [4.78, 5) is 30.4. The maximum absolute atomic E-state index is 13.7. The molecule has 0 N–H and O–H groups in total. The molecule has 0 unspecified atom stereocenters. The van der Waals surface area contributed by atoms with Crippen LogP contribution in [0.25, 0.3) is 5.57 Å². The lowest BCUT2D eigenvalue weighted by Gasteiger charge is -2.25. The summed E-state index contributed by atoms with van der Waals surface area (Å²) in [5.74, 6) is -0.104. The third kappa shape index (κ3) is 5.18. The zero-order valence-electron chi connectivity index (χ0n) is 18.9. The normalized spacial score (nSPS) is 13.8. The van der Waals surface area contributed by atoms with Crippen molar-refractivity contribution in [1.29, 1.82) is 0 Å². The van der Waals surface area contributed by atoms with Gasteiger partial charge < -0.3 is 19.1 Å². The molecule has 0 spiro atoms. The molecule has 0 saturated heterocycles. The predicted octanol–water partition coefficient (Wildman–Crippen LogP) is 3.35. The fourth-order valence-electron chi connectivity index (χ4n) is 3.58. The van der Waals surface area contributed by atoms with Crippen molar-refractivity contribution in [2.24, 2.45) is 0 Å². The molecule has 0 fully saturated rings. The Morgan fingerprint density at radius 3 is 2.16 bits per heavy atom. The monoisotopic (exact) mass is 438 g/mol. The molecule has 2 aromatic carbocycles. The summed E-state index contributed by atoms with van der Waals surface area (Å²) in [5, 5.41) is 0. The summed E-state index contributed by atoms with van der Waals surface area (Å²) < 4.78 is 16.2. The van der Waals surface area contributed by atoms with Crippen LogP contribution in [0.1, 0.15) is 18.9 Å². The van der Waals surface area contributed by atoms with Gasteiger partial charge in [0.1, 0.15) is 11.4 Å². The maximum Gasteiger partial charge on any atom is 0.282 e. The molecule has 1 aliphatic heterocycles. The minimum absolute atomic E-state index is 0.357. The highest BCUT2D eigenvalue weighted by Crippen LogP contribution is 2.35. The number of carbonyl (C=O) groups is 2. The first kappa shape index (κ1) is 23.5. The molecule has 0 radical (unpaired) electrons. The highest BCUT2D eigenvalue weighted by atomic mass is 16.5. The summed E-state index contributed by atoms with van der Waals surface area (Å²) in [5.41, 5.74) is 1.91. The fraction of sp³-hybridized carbons (Fsp3) is 0.360. The highest BCUT2D eigenvalue weighted by molar-refractivity contribution is 6.45. The van der Waals surface area contributed by atoms with E-state index in [1.54, 1.807) is 32.4 Å². The Labute approximate surface area is 189 Å². The molecular formula is C25H30N2O5. The number of hydrogen-bond donors (Lipinski definition) is 0. The summed E-state index contributed by atoms with van der Waals surface area (Å²) >= 11 is 0. The van der Waals surface area contributed by atoms with E-state index in [4.69, 9.17) is 14.2 Å². The Hall–Kier alpha value is -3.16. The fourth-order valence-corrected chi connectivity index (χ4v) is 3.58. The summed E-state index contributed by atoms with van der Waals surface area (Å²) in [7, 11) is 3.22. The number of anilines is 1. The van der Waals surface area contributed by atoms with E-state index < -0.39 is 0 Å². The average molecular weight is 439 g/mol. The number of carbonyl (C=O) groups excluding carboxylic acids is 2. The van der Waals surface area contributed by atoms with Gasteiger partial charge in [-0.25, -0.2) is 4.90 Å². The van der Waals surface area contributed by atoms with Crippen molar-refractivity contribution in [2.45, 2.75) is 13.3 Å². The largest absolute Gasteiger partial charge is 0.494 e. The third-order valence-corrected chi connectivity index (χ3v) is 5.12. The Kier molecular flexibility index (Phi) is 8.41. The Morgan fingerprint density at radius 1 is 0.844 bits per heavy atom. The maximum atomic E-state index is 13.7. The van der Waals surface area contributed by atoms with Crippen molar-refractivity contribution < 1.29 is 23.8 Å². The average Bonchev–Trinajstić information content (AvgIpc) is 3.08. The van der Waals surface area contributed by atoms with E-state index in [1.807, 2.05) is 48.2 Å². The second-order valence-corrected chi connectivity index (χ2v) is 7.35. The Morgan fingerprint density at radius 2 is 1.53 bits per heavy atom. The van der Waals surface area contributed by atoms with E-state index in [0.29, 0.717) is 61.2 Å². The van der Waals surface area contributed by atoms with Crippen LogP contribution in [0.15, 0.2) is 60.3 Å². The first-order valence-electron chi connectivity index (χ1n) is 10.8. The van der Waals surface area contributed by atoms with Gasteiger partial charge in [-0.3, -0.25) is 9.59 Å². The van der Waals surface area contributed by atoms with E-state index in [-0.39, 0.29) is 11.8 Å². The van der Waals surface area contributed by atoms with Gasteiger partial charge in [0.2, 0.25) is 0 Å². The first-order chi connectivity index (χ1) is 15.6. The lowest BCUT2D eigenvalue weighted by molar-refractivity contribution is -0.120. The molecule has 0 atom stereocenters. The van der Waals surface area contributed by atoms with Crippen LogP contribution in [0.3, 0.4) is 0 Å². The van der Waals surface area contributed by atoms with E-state index >= 15 is 0 Å². The Bertz CT molecular complexity index is 950. The lowest BCUT2D eigenvalue weighted by Crippen LogP contribution is -2.37. The van der Waals surface area contributed by atoms with Crippen molar-refractivity contribution in [2.75, 3.05) is 52.0 Å². The number of methoxy groups -OCH3 is 2. The van der Waals surface area contributed by atoms with E-state index in [0.717, 1.165) is 6.42 Å². The molecule has 0 aliphatic carbocycles. The smallest absolute Gasteiger partial charge is 0.282 e. The molecule has 170 valence electrons. The molecule has 7 nitrogen and oxygen atoms in total. The van der Waals surface area contributed by atoms with Crippen LogP contribution in [0.2, 0.25) is 0 Å². The van der Waals surface area contributed by atoms with Gasteiger partial charge in [0.25, 0.3) is 11.8 Å². The van der Waals surface area contributed by atoms with Crippen LogP contribution in [0.5, 0.6) is 5.75 Å². The third-order valence-electron chi connectivity index (χ3n) is 5.12. The molecule has 1 aliphatic rings. The van der Waals surface area contributed by atoms with Crippen molar-refractivity contribution in [3.8, 4) is 5.75 Å². The van der Waals surface area contributed by atoms with Crippen LogP contribution in [0.4, 0.5) is 5.69 Å². The SMILES string of the molecule is CCCOc1cccc(N2C(=O)C(c3ccccc3)=C(N(CCOC)CCOC)C2=O)c1. The van der Waals surface area contributed by atoms with Crippen LogP contribution < -0.4 is 9.64 Å². The second kappa shape index (κ2) is 11.5. The molecule has 1 heterocycles. The van der Waals surface area contributed by atoms with E-state index in [9.17, 15) is 9.59 Å². The number of ether oxygens (including phenoxy) is 3. The molecule has 3 rings (SSSR count). The van der Waals surface area contributed by atoms with Crippen molar-refractivity contribution in [3.05, 3.63) is 65.9 Å². The summed E-state index contributed by atoms with van der Waals surface area (Å²) in [6, 6.07) is 16.4. The van der Waals surface area contributed by atoms with Gasteiger partial charge in [0.05, 0.1) is 31.1 Å². The molecule has 0 saturated carbocycles. The Balaban J connectivity index is 2.05. The zero-order valence-corrected chi connectivity index (χ0v) is 18.9. The molecule has 7 heteroatoms. The van der Waals surface area contributed by atoms with Gasteiger partial charge >= 0.3 is 0 Å². The number of nitrogens with zero attached hydrogens (tertiary/aromatic N) is 2. The minimum Gasteiger partial charge on any atom is -0.494 e. The van der Waals surface area contributed by atoms with Gasteiger partial charge in [0, 0.05) is 33.4 Å². The van der Waals surface area contributed by atoms with Gasteiger partial charge in [-0.05, 0) is 24.1 Å². The zero-order chi connectivity index (χ0) is 22.9. The quantitative estimate of drug-likeness (QED) is 0.474. The van der Waals surface area contributed by atoms with Gasteiger partial charge in [0.15, 0.2) is 0 Å². The molecule has 0 bridgehead atoms. The van der Waals surface area contributed by atoms with Gasteiger partial charge in [-0.15, -0.1) is 0 Å². The minimum atomic E-state index is -0.367. The summed E-state index contributed by atoms with van der Waals surface area (Å²) in [6.45, 7) is 4.32. The standard InChI is InChI=1S/C25H30N2O5/c1-4-15-32-21-12-8-11-20(18-21)27-24(28)22(19-9-6-5-7-10-19)23(25(27)29)26(13-16-30-2)14-17-31-3/h5-12,18H,4,13-17H2,1-3H3. The van der Waals surface area contributed by atoms with Crippen molar-refractivity contribution in [3.63, 3.8) is 0 Å². The van der Waals surface area contributed by atoms with E-state index in [1.165, 1.54) is 4.90 Å². The molecule has 0 aromatic heterocycles. The number of benzene rings is 2. The second-order valence-electron chi connectivity index (χ2n) is 7.35. The van der Waals surface area contributed by atoms with Crippen LogP contribution in [0, 0.1) is 0 Å². The van der Waals surface area contributed by atoms with Gasteiger partial charge in [-0.2, -0.15) is 0 Å². The predicted molar refractivity (Wildman–Crippen MR) is 123 cm³/mol. The lowest BCUT2D eigenvalue weighted by atomic mass is 10.0. The van der Waals surface area contributed by atoms with Gasteiger partial charge in [-0.1, -0.05) is 43.3 Å². The number of hydrogen-bond acceptors (Lipinski definition) is 6. The number of imide groups is 1. The molecular weight excluding hydrogens is 408 g/mol. The molecule has 2 amide bonds. The van der Waals surface area contributed by atoms with Crippen LogP contribution >= 0.6 is 0 Å². The van der Waals surface area contributed by atoms with Crippen LogP contribution in [-0.2, 0) is 19.1 Å². The number of amides is 2. The van der Waals surface area contributed by atoms with Crippen molar-refractivity contribution >= 4 is 23.1 Å². The first-order valence-corrected chi connectivity index (χ1v) is 10.8. The highest BCUT2D eigenvalue weighted by Gasteiger charge is 2.42.